The Morgan fingerprint density at radius 2 is 1.50 bits per heavy atom. The highest BCUT2D eigenvalue weighted by molar-refractivity contribution is 7.86. The van der Waals surface area contributed by atoms with Gasteiger partial charge in [0.25, 0.3) is 6.80 Å². The Kier molecular flexibility index (Phi) is 4.01. The van der Waals surface area contributed by atoms with Gasteiger partial charge in [-0.1, -0.05) is 19.6 Å². The van der Waals surface area contributed by atoms with Crippen LogP contribution in [0.1, 0.15) is 0 Å². The summed E-state index contributed by atoms with van der Waals surface area (Å²) in [7, 11) is 3.75. The van der Waals surface area contributed by atoms with Gasteiger partial charge >= 0.3 is 0 Å². The molecule has 0 heterocycles. The lowest BCUT2D eigenvalue weighted by atomic mass is 11.3. The molecule has 6 heteroatoms. The monoisotopic (exact) mass is 228 g/mol. The maximum atomic E-state index is 11.9. The van der Waals surface area contributed by atoms with Crippen LogP contribution in [0.3, 0.4) is 0 Å². The van der Waals surface area contributed by atoms with Crippen molar-refractivity contribution < 1.29 is 4.57 Å². The third-order valence-electron chi connectivity index (χ3n) is 1.83. The summed E-state index contributed by atoms with van der Waals surface area (Å²) < 4.78 is 15.3. The first-order chi connectivity index (χ1) is 5.10. The van der Waals surface area contributed by atoms with Crippen molar-refractivity contribution in [1.29, 1.82) is 0 Å². The van der Waals surface area contributed by atoms with E-state index in [1.54, 1.807) is 18.8 Å². The topological polar surface area (TPSA) is 23.6 Å². The van der Waals surface area contributed by atoms with Crippen molar-refractivity contribution in [1.82, 2.24) is 9.01 Å². The van der Waals surface area contributed by atoms with Gasteiger partial charge in [0.1, 0.15) is 8.24 Å². The maximum absolute atomic E-state index is 11.9. The van der Waals surface area contributed by atoms with Crippen LogP contribution in [-0.2, 0) is 4.57 Å². The minimum atomic E-state index is -2.78. The minimum Gasteiger partial charge on any atom is -0.271 e. The normalized spacial score (nSPS) is 18.4. The lowest BCUT2D eigenvalue weighted by molar-refractivity contribution is 0.491. The number of halogens is 1. The molecule has 0 radical (unpaired) electrons. The molecule has 0 aliphatic heterocycles. The second-order valence-corrected chi connectivity index (χ2v) is 13.1. The van der Waals surface area contributed by atoms with E-state index in [9.17, 15) is 4.57 Å². The fourth-order valence-corrected chi connectivity index (χ4v) is 6.71. The summed E-state index contributed by atoms with van der Waals surface area (Å²) in [5.41, 5.74) is 0. The highest BCUT2D eigenvalue weighted by Crippen LogP contribution is 2.57. The maximum Gasteiger partial charge on any atom is 0.297 e. The van der Waals surface area contributed by atoms with Crippen LogP contribution in [0.25, 0.3) is 0 Å². The lowest BCUT2D eigenvalue weighted by Gasteiger charge is -2.36. The van der Waals surface area contributed by atoms with E-state index in [1.165, 1.54) is 0 Å². The molecular weight excluding hydrogens is 211 g/mol. The fraction of sp³-hybridized carbons (Fsp3) is 1.00. The molecule has 0 aliphatic carbocycles. The van der Waals surface area contributed by atoms with E-state index in [4.69, 9.17) is 11.2 Å². The standard InChI is InChI=1S/C6H18ClN2OPSi/c1-8(2)11(7,10)9(3)12(4,5)6/h1-6H3. The summed E-state index contributed by atoms with van der Waals surface area (Å²) in [6.07, 6.45) is 0. The van der Waals surface area contributed by atoms with Gasteiger partial charge in [0.2, 0.25) is 0 Å². The van der Waals surface area contributed by atoms with Crippen molar-refractivity contribution in [2.75, 3.05) is 21.1 Å². The SMILES string of the molecule is CN(C)P(=O)(Cl)N(C)[Si](C)(C)C. The Morgan fingerprint density at radius 1 is 1.17 bits per heavy atom. The zero-order chi connectivity index (χ0) is 10.2. The number of rotatable bonds is 3. The third-order valence-corrected chi connectivity index (χ3v) is 10.1. The van der Waals surface area contributed by atoms with Crippen LogP contribution < -0.4 is 0 Å². The molecule has 0 rings (SSSR count). The van der Waals surface area contributed by atoms with Gasteiger partial charge in [-0.15, -0.1) is 0 Å². The molecule has 3 nitrogen and oxygen atoms in total. The Bertz CT molecular complexity index is 204. The quantitative estimate of drug-likeness (QED) is 0.548. The second-order valence-electron chi connectivity index (χ2n) is 4.01. The van der Waals surface area contributed by atoms with E-state index < -0.39 is 15.0 Å². The van der Waals surface area contributed by atoms with Gasteiger partial charge < -0.3 is 0 Å². The van der Waals surface area contributed by atoms with Gasteiger partial charge in [0, 0.05) is 0 Å². The molecule has 0 spiro atoms. The summed E-state index contributed by atoms with van der Waals surface area (Å²) in [6, 6.07) is 0. The number of hydrogen-bond donors (Lipinski definition) is 0. The first-order valence-electron chi connectivity index (χ1n) is 3.82. The van der Waals surface area contributed by atoms with Crippen molar-refractivity contribution in [3.63, 3.8) is 0 Å². The van der Waals surface area contributed by atoms with Gasteiger partial charge in [-0.3, -0.25) is 8.90 Å². The second kappa shape index (κ2) is 3.80. The Morgan fingerprint density at radius 3 is 1.58 bits per heavy atom. The molecule has 0 aliphatic rings. The van der Waals surface area contributed by atoms with Crippen molar-refractivity contribution in [3.05, 3.63) is 0 Å². The molecule has 1 unspecified atom stereocenters. The first-order valence-corrected chi connectivity index (χ1v) is 9.78. The molecule has 74 valence electrons. The van der Waals surface area contributed by atoms with Gasteiger partial charge in [-0.05, 0) is 32.4 Å². The summed E-state index contributed by atoms with van der Waals surface area (Å²) in [5.74, 6) is 0. The first kappa shape index (κ1) is 12.7. The van der Waals surface area contributed by atoms with Crippen LogP contribution in [0.2, 0.25) is 19.6 Å². The molecule has 0 saturated heterocycles. The van der Waals surface area contributed by atoms with E-state index in [1.807, 2.05) is 11.4 Å². The van der Waals surface area contributed by atoms with E-state index >= 15 is 0 Å². The van der Waals surface area contributed by atoms with Crippen LogP contribution >= 0.6 is 18.0 Å². The van der Waals surface area contributed by atoms with Gasteiger partial charge in [0.15, 0.2) is 0 Å². The van der Waals surface area contributed by atoms with Gasteiger partial charge in [0.05, 0.1) is 0 Å². The van der Waals surface area contributed by atoms with Crippen LogP contribution in [0, 0.1) is 0 Å². The predicted octanol–water partition coefficient (Wildman–Crippen LogP) is 2.66. The highest BCUT2D eigenvalue weighted by Gasteiger charge is 2.36. The molecule has 0 aromatic rings. The average molecular weight is 229 g/mol. The van der Waals surface area contributed by atoms with Crippen LogP contribution in [0.5, 0.6) is 0 Å². The lowest BCUT2D eigenvalue weighted by Crippen LogP contribution is -2.41. The molecule has 12 heavy (non-hydrogen) atoms. The molecule has 0 aromatic carbocycles. The Labute approximate surface area is 81.0 Å². The predicted molar refractivity (Wildman–Crippen MR) is 58.3 cm³/mol. The Hall–Kier alpha value is 0.657. The zero-order valence-corrected chi connectivity index (χ0v) is 11.3. The van der Waals surface area contributed by atoms with Crippen LogP contribution in [0.15, 0.2) is 0 Å². The average Bonchev–Trinajstić information content (AvgIpc) is 1.83. The number of nitrogens with zero attached hydrogens (tertiary/aromatic N) is 2. The van der Waals surface area contributed by atoms with Gasteiger partial charge in [-0.25, -0.2) is 4.67 Å². The smallest absolute Gasteiger partial charge is 0.271 e. The summed E-state index contributed by atoms with van der Waals surface area (Å²) >= 11 is 5.95. The van der Waals surface area contributed by atoms with E-state index in [0.717, 1.165) is 0 Å². The molecule has 1 atom stereocenters. The third kappa shape index (κ3) is 2.86. The fourth-order valence-electron chi connectivity index (χ4n) is 0.638. The van der Waals surface area contributed by atoms with Crippen molar-refractivity contribution in [2.45, 2.75) is 19.6 Å². The van der Waals surface area contributed by atoms with E-state index in [0.29, 0.717) is 0 Å². The molecule has 0 N–H and O–H groups in total. The van der Waals surface area contributed by atoms with Crippen molar-refractivity contribution >= 4 is 26.3 Å². The molecule has 0 fully saturated rings. The van der Waals surface area contributed by atoms with Gasteiger partial charge in [-0.2, -0.15) is 0 Å². The molecule has 0 bridgehead atoms. The molecular formula is C6H18ClN2OPSi. The van der Waals surface area contributed by atoms with Crippen molar-refractivity contribution in [3.8, 4) is 0 Å². The highest BCUT2D eigenvalue weighted by atomic mass is 35.7. The molecule has 0 aromatic heterocycles. The van der Waals surface area contributed by atoms with Crippen molar-refractivity contribution in [2.24, 2.45) is 0 Å². The van der Waals surface area contributed by atoms with E-state index in [-0.39, 0.29) is 0 Å². The summed E-state index contributed by atoms with van der Waals surface area (Å²) in [6.45, 7) is 3.57. The largest absolute Gasteiger partial charge is 0.297 e. The van der Waals surface area contributed by atoms with Crippen LogP contribution in [0.4, 0.5) is 0 Å². The summed E-state index contributed by atoms with van der Waals surface area (Å²) in [5, 5.41) is 0. The summed E-state index contributed by atoms with van der Waals surface area (Å²) in [4.78, 5) is 0. The minimum absolute atomic E-state index is 1.56. The Balaban J connectivity index is 4.70. The zero-order valence-electron chi connectivity index (χ0n) is 8.63. The molecule has 0 saturated carbocycles. The number of hydrogen-bond acceptors (Lipinski definition) is 1. The molecule has 0 amide bonds. The van der Waals surface area contributed by atoms with Crippen LogP contribution in [-0.4, -0.2) is 38.4 Å². The van der Waals surface area contributed by atoms with E-state index in [2.05, 4.69) is 19.6 Å².